The Kier molecular flexibility index (Phi) is 6.60. The SMILES string of the molecule is CCS(=O)(=O)c1ccccc1C(=O)Nc1nc(-c2ccc(S(=O)(=O)N(C)C)cc2)cs1. The molecule has 0 aliphatic carbocycles. The van der Waals surface area contributed by atoms with Gasteiger partial charge in [-0.25, -0.2) is 26.1 Å². The van der Waals surface area contributed by atoms with Crippen molar-refractivity contribution in [3.05, 3.63) is 59.5 Å². The minimum Gasteiger partial charge on any atom is -0.298 e. The zero-order valence-corrected chi connectivity index (χ0v) is 19.5. The van der Waals surface area contributed by atoms with Crippen LogP contribution in [0.1, 0.15) is 17.3 Å². The maximum atomic E-state index is 12.7. The van der Waals surface area contributed by atoms with E-state index in [9.17, 15) is 21.6 Å². The number of anilines is 1. The van der Waals surface area contributed by atoms with Crippen molar-refractivity contribution in [3.63, 3.8) is 0 Å². The number of hydrogen-bond donors (Lipinski definition) is 1. The van der Waals surface area contributed by atoms with E-state index in [1.807, 2.05) is 0 Å². The molecule has 2 aromatic carbocycles. The van der Waals surface area contributed by atoms with E-state index in [2.05, 4.69) is 10.3 Å². The van der Waals surface area contributed by atoms with Crippen LogP contribution in [0.5, 0.6) is 0 Å². The normalized spacial score (nSPS) is 12.1. The summed E-state index contributed by atoms with van der Waals surface area (Å²) < 4.78 is 50.0. The molecule has 1 heterocycles. The molecule has 3 aromatic rings. The number of nitrogens with one attached hydrogen (secondary N) is 1. The van der Waals surface area contributed by atoms with Crippen LogP contribution in [0.3, 0.4) is 0 Å². The summed E-state index contributed by atoms with van der Waals surface area (Å²) in [5.74, 6) is -0.681. The van der Waals surface area contributed by atoms with Crippen LogP contribution >= 0.6 is 11.3 Å². The summed E-state index contributed by atoms with van der Waals surface area (Å²) in [6.07, 6.45) is 0. The fourth-order valence-electron chi connectivity index (χ4n) is 2.72. The van der Waals surface area contributed by atoms with Crippen LogP contribution in [0.2, 0.25) is 0 Å². The van der Waals surface area contributed by atoms with Gasteiger partial charge in [-0.1, -0.05) is 31.2 Å². The van der Waals surface area contributed by atoms with Crippen molar-refractivity contribution in [1.29, 1.82) is 0 Å². The Morgan fingerprint density at radius 1 is 1.03 bits per heavy atom. The van der Waals surface area contributed by atoms with Gasteiger partial charge in [0.2, 0.25) is 10.0 Å². The van der Waals surface area contributed by atoms with Gasteiger partial charge in [0.05, 0.1) is 26.8 Å². The van der Waals surface area contributed by atoms with Crippen LogP contribution in [0.25, 0.3) is 11.3 Å². The lowest BCUT2D eigenvalue weighted by molar-refractivity contribution is 0.102. The smallest absolute Gasteiger partial charge is 0.258 e. The largest absolute Gasteiger partial charge is 0.298 e. The molecule has 0 radical (unpaired) electrons. The number of carbonyl (C=O) groups is 1. The van der Waals surface area contributed by atoms with Crippen molar-refractivity contribution in [2.75, 3.05) is 25.2 Å². The van der Waals surface area contributed by atoms with Gasteiger partial charge in [0, 0.05) is 25.0 Å². The zero-order chi connectivity index (χ0) is 22.8. The third-order valence-corrected chi connectivity index (χ3v) is 8.87. The fourth-order valence-corrected chi connectivity index (χ4v) is 5.43. The molecule has 1 aromatic heterocycles. The Hall–Kier alpha value is -2.60. The van der Waals surface area contributed by atoms with Crippen molar-refractivity contribution in [1.82, 2.24) is 9.29 Å². The molecule has 0 bridgehead atoms. The number of nitrogens with zero attached hydrogens (tertiary/aromatic N) is 2. The highest BCUT2D eigenvalue weighted by Gasteiger charge is 2.21. The third kappa shape index (κ3) is 4.85. The molecular formula is C20H21N3O5S3. The Balaban J connectivity index is 1.82. The molecular weight excluding hydrogens is 458 g/mol. The first-order chi connectivity index (χ1) is 14.6. The van der Waals surface area contributed by atoms with Gasteiger partial charge in [-0.05, 0) is 24.3 Å². The van der Waals surface area contributed by atoms with Crippen molar-refractivity contribution in [3.8, 4) is 11.3 Å². The molecule has 1 amide bonds. The first kappa shape index (κ1) is 23.1. The summed E-state index contributed by atoms with van der Waals surface area (Å²) in [6, 6.07) is 12.3. The molecule has 8 nitrogen and oxygen atoms in total. The van der Waals surface area contributed by atoms with Crippen molar-refractivity contribution >= 4 is 42.2 Å². The van der Waals surface area contributed by atoms with Crippen LogP contribution < -0.4 is 5.32 Å². The lowest BCUT2D eigenvalue weighted by Crippen LogP contribution is -2.22. The Morgan fingerprint density at radius 3 is 2.29 bits per heavy atom. The Morgan fingerprint density at radius 2 is 1.68 bits per heavy atom. The lowest BCUT2D eigenvalue weighted by Gasteiger charge is -2.11. The predicted molar refractivity (Wildman–Crippen MR) is 121 cm³/mol. The van der Waals surface area contributed by atoms with E-state index >= 15 is 0 Å². The number of aromatic nitrogens is 1. The number of thiazole rings is 1. The quantitative estimate of drug-likeness (QED) is 0.557. The monoisotopic (exact) mass is 479 g/mol. The first-order valence-corrected chi connectivity index (χ1v) is 13.1. The second-order valence-electron chi connectivity index (χ2n) is 6.70. The molecule has 31 heavy (non-hydrogen) atoms. The molecule has 1 N–H and O–H groups in total. The minimum absolute atomic E-state index is 0.0236. The van der Waals surface area contributed by atoms with Crippen molar-refractivity contribution < 1.29 is 21.6 Å². The van der Waals surface area contributed by atoms with Crippen molar-refractivity contribution in [2.24, 2.45) is 0 Å². The molecule has 0 atom stereocenters. The number of sulfone groups is 1. The topological polar surface area (TPSA) is 114 Å². The van der Waals surface area contributed by atoms with Crippen LogP contribution in [0.15, 0.2) is 63.7 Å². The molecule has 0 fully saturated rings. The highest BCUT2D eigenvalue weighted by molar-refractivity contribution is 7.91. The number of amides is 1. The Bertz CT molecular complexity index is 1310. The van der Waals surface area contributed by atoms with E-state index in [0.717, 1.165) is 4.31 Å². The third-order valence-electron chi connectivity index (χ3n) is 4.50. The predicted octanol–water partition coefficient (Wildman–Crippen LogP) is 3.11. The van der Waals surface area contributed by atoms with Gasteiger partial charge in [0.25, 0.3) is 5.91 Å². The standard InChI is InChI=1S/C20H21N3O5S3/c1-4-30(25,26)18-8-6-5-7-16(18)19(24)22-20-21-17(13-29-20)14-9-11-15(12-10-14)31(27,28)23(2)3/h5-13H,4H2,1-3H3,(H,21,22,24). The van der Waals surface area contributed by atoms with E-state index in [-0.39, 0.29) is 21.1 Å². The van der Waals surface area contributed by atoms with Gasteiger partial charge in [0.1, 0.15) is 0 Å². The summed E-state index contributed by atoms with van der Waals surface area (Å²) in [5.41, 5.74) is 1.30. The summed E-state index contributed by atoms with van der Waals surface area (Å²) in [6.45, 7) is 1.52. The molecule has 0 aliphatic heterocycles. The fraction of sp³-hybridized carbons (Fsp3) is 0.200. The van der Waals surface area contributed by atoms with Crippen LogP contribution in [0, 0.1) is 0 Å². The molecule has 3 rings (SSSR count). The van der Waals surface area contributed by atoms with E-state index in [1.165, 1.54) is 56.6 Å². The van der Waals surface area contributed by atoms with Gasteiger partial charge >= 0.3 is 0 Å². The van der Waals surface area contributed by atoms with E-state index in [4.69, 9.17) is 0 Å². The molecule has 0 saturated carbocycles. The molecule has 0 aliphatic rings. The van der Waals surface area contributed by atoms with E-state index in [0.29, 0.717) is 16.4 Å². The number of benzene rings is 2. The molecule has 0 spiro atoms. The number of rotatable bonds is 7. The minimum atomic E-state index is -3.56. The van der Waals surface area contributed by atoms with Crippen LogP contribution in [0.4, 0.5) is 5.13 Å². The zero-order valence-electron chi connectivity index (χ0n) is 17.1. The van der Waals surface area contributed by atoms with Gasteiger partial charge in [0.15, 0.2) is 15.0 Å². The maximum absolute atomic E-state index is 12.7. The van der Waals surface area contributed by atoms with Crippen molar-refractivity contribution in [2.45, 2.75) is 16.7 Å². The molecule has 0 saturated heterocycles. The summed E-state index contributed by atoms with van der Waals surface area (Å²) in [5, 5.41) is 4.66. The number of hydrogen-bond acceptors (Lipinski definition) is 7. The molecule has 0 unspecified atom stereocenters. The second-order valence-corrected chi connectivity index (χ2v) is 12.0. The molecule has 11 heteroatoms. The average molecular weight is 480 g/mol. The first-order valence-electron chi connectivity index (χ1n) is 9.18. The van der Waals surface area contributed by atoms with Gasteiger partial charge < -0.3 is 0 Å². The number of sulfonamides is 1. The average Bonchev–Trinajstić information content (AvgIpc) is 3.22. The van der Waals surface area contributed by atoms with Gasteiger partial charge in [-0.15, -0.1) is 11.3 Å². The number of carbonyl (C=O) groups excluding carboxylic acids is 1. The van der Waals surface area contributed by atoms with E-state index in [1.54, 1.807) is 29.6 Å². The maximum Gasteiger partial charge on any atom is 0.258 e. The van der Waals surface area contributed by atoms with Gasteiger partial charge in [-0.2, -0.15) is 0 Å². The van der Waals surface area contributed by atoms with Gasteiger partial charge in [-0.3, -0.25) is 10.1 Å². The molecule has 164 valence electrons. The summed E-state index contributed by atoms with van der Waals surface area (Å²) in [4.78, 5) is 17.2. The Labute approximate surface area is 185 Å². The highest BCUT2D eigenvalue weighted by Crippen LogP contribution is 2.27. The van der Waals surface area contributed by atoms with E-state index < -0.39 is 25.8 Å². The van der Waals surface area contributed by atoms with Crippen LogP contribution in [-0.2, 0) is 19.9 Å². The second kappa shape index (κ2) is 8.87. The summed E-state index contributed by atoms with van der Waals surface area (Å²) in [7, 11) is -4.16. The lowest BCUT2D eigenvalue weighted by atomic mass is 10.2. The van der Waals surface area contributed by atoms with Crippen LogP contribution in [-0.4, -0.2) is 51.9 Å². The highest BCUT2D eigenvalue weighted by atomic mass is 32.2. The summed E-state index contributed by atoms with van der Waals surface area (Å²) >= 11 is 1.18.